The summed E-state index contributed by atoms with van der Waals surface area (Å²) >= 11 is 0. The van der Waals surface area contributed by atoms with Crippen LogP contribution < -0.4 is 5.32 Å². The second-order valence-electron chi connectivity index (χ2n) is 4.73. The van der Waals surface area contributed by atoms with Crippen LogP contribution in [0, 0.1) is 0 Å². The zero-order valence-corrected chi connectivity index (χ0v) is 11.5. The Balaban J connectivity index is 1.65. The molecule has 102 valence electrons. The van der Waals surface area contributed by atoms with Crippen LogP contribution in [0.15, 0.2) is 47.7 Å². The number of hydrogen-bond donors (Lipinski definition) is 1. The Morgan fingerprint density at radius 3 is 2.50 bits per heavy atom. The number of aliphatic imine (C=N–C) groups is 1. The lowest BCUT2D eigenvalue weighted by Crippen LogP contribution is -2.35. The molecule has 0 unspecified atom stereocenters. The molecule has 0 saturated heterocycles. The lowest BCUT2D eigenvalue weighted by molar-refractivity contribution is 0.532. The topological polar surface area (TPSA) is 53.4 Å². The molecule has 0 bridgehead atoms. The number of likely N-dealkylation sites (N-methyl/N-ethyl adjacent to an activating group) is 1. The van der Waals surface area contributed by atoms with Crippen LogP contribution in [0.4, 0.5) is 0 Å². The van der Waals surface area contributed by atoms with Gasteiger partial charge in [0.05, 0.1) is 13.1 Å². The van der Waals surface area contributed by atoms with Crippen molar-refractivity contribution in [3.8, 4) is 11.1 Å². The zero-order chi connectivity index (χ0) is 13.8. The molecule has 0 radical (unpaired) electrons. The normalized spacial score (nSPS) is 14.2. The lowest BCUT2D eigenvalue weighted by atomic mass is 10.1. The number of hydrogen-bond acceptors (Lipinski definition) is 5. The first kappa shape index (κ1) is 12.6. The van der Waals surface area contributed by atoms with Gasteiger partial charge in [-0.25, -0.2) is 9.97 Å². The summed E-state index contributed by atoms with van der Waals surface area (Å²) in [5.74, 6) is 1.69. The molecule has 1 aliphatic rings. The first-order valence-electron chi connectivity index (χ1n) is 6.69. The summed E-state index contributed by atoms with van der Waals surface area (Å²) in [5, 5.41) is 3.26. The Hall–Kier alpha value is -2.43. The van der Waals surface area contributed by atoms with E-state index in [2.05, 4.69) is 37.3 Å². The van der Waals surface area contributed by atoms with Gasteiger partial charge in [-0.1, -0.05) is 30.3 Å². The van der Waals surface area contributed by atoms with Crippen molar-refractivity contribution in [3.63, 3.8) is 0 Å². The van der Waals surface area contributed by atoms with Crippen molar-refractivity contribution in [2.24, 2.45) is 4.99 Å². The molecule has 3 rings (SSSR count). The predicted molar refractivity (Wildman–Crippen MR) is 79.2 cm³/mol. The fraction of sp³-hybridized carbons (Fsp3) is 0.267. The van der Waals surface area contributed by atoms with Crippen LogP contribution in [0.3, 0.4) is 0 Å². The summed E-state index contributed by atoms with van der Waals surface area (Å²) in [6.07, 6.45) is 3.72. The van der Waals surface area contributed by atoms with Gasteiger partial charge in [-0.3, -0.25) is 4.99 Å². The van der Waals surface area contributed by atoms with Gasteiger partial charge in [0.15, 0.2) is 5.96 Å². The molecule has 2 heterocycles. The van der Waals surface area contributed by atoms with Crippen LogP contribution in [0.5, 0.6) is 0 Å². The number of guanidine groups is 1. The Labute approximate surface area is 118 Å². The molecule has 20 heavy (non-hydrogen) atoms. The lowest BCUT2D eigenvalue weighted by Gasteiger charge is -2.14. The first-order valence-corrected chi connectivity index (χ1v) is 6.69. The van der Waals surface area contributed by atoms with Crippen molar-refractivity contribution in [2.75, 3.05) is 20.1 Å². The van der Waals surface area contributed by atoms with Gasteiger partial charge >= 0.3 is 0 Å². The molecule has 1 aromatic heterocycles. The maximum absolute atomic E-state index is 4.39. The fourth-order valence-corrected chi connectivity index (χ4v) is 2.11. The second kappa shape index (κ2) is 5.69. The third kappa shape index (κ3) is 2.77. The van der Waals surface area contributed by atoms with E-state index in [-0.39, 0.29) is 0 Å². The molecular weight excluding hydrogens is 250 g/mol. The Morgan fingerprint density at radius 1 is 1.10 bits per heavy atom. The third-order valence-corrected chi connectivity index (χ3v) is 3.28. The number of aromatic nitrogens is 2. The molecule has 1 aromatic carbocycles. The summed E-state index contributed by atoms with van der Waals surface area (Å²) in [7, 11) is 2.03. The summed E-state index contributed by atoms with van der Waals surface area (Å²) < 4.78 is 0. The van der Waals surface area contributed by atoms with Gasteiger partial charge < -0.3 is 10.2 Å². The number of nitrogens with zero attached hydrogens (tertiary/aromatic N) is 4. The Morgan fingerprint density at radius 2 is 1.85 bits per heavy atom. The summed E-state index contributed by atoms with van der Waals surface area (Å²) in [6, 6.07) is 10.1. The molecule has 0 fully saturated rings. The SMILES string of the molecule is CN1CCN=C1NCc1ncc(-c2ccccc2)cn1. The fourth-order valence-electron chi connectivity index (χ4n) is 2.11. The number of benzene rings is 1. The van der Waals surface area contributed by atoms with Gasteiger partial charge in [0.1, 0.15) is 5.82 Å². The summed E-state index contributed by atoms with van der Waals surface area (Å²) in [4.78, 5) is 15.3. The van der Waals surface area contributed by atoms with Crippen LogP contribution >= 0.6 is 0 Å². The van der Waals surface area contributed by atoms with Crippen molar-refractivity contribution in [3.05, 3.63) is 48.5 Å². The molecule has 1 aliphatic heterocycles. The van der Waals surface area contributed by atoms with Gasteiger partial charge in [-0.05, 0) is 5.56 Å². The second-order valence-corrected chi connectivity index (χ2v) is 4.73. The smallest absolute Gasteiger partial charge is 0.194 e. The molecule has 0 spiro atoms. The van der Waals surface area contributed by atoms with E-state index in [1.807, 2.05) is 37.6 Å². The largest absolute Gasteiger partial charge is 0.349 e. The number of nitrogens with one attached hydrogen (secondary N) is 1. The molecule has 2 aromatic rings. The van der Waals surface area contributed by atoms with Crippen LogP contribution in [0.2, 0.25) is 0 Å². The van der Waals surface area contributed by atoms with Gasteiger partial charge in [-0.15, -0.1) is 0 Å². The average molecular weight is 267 g/mol. The van der Waals surface area contributed by atoms with E-state index in [4.69, 9.17) is 0 Å². The minimum Gasteiger partial charge on any atom is -0.349 e. The molecule has 0 atom stereocenters. The molecule has 0 amide bonds. The third-order valence-electron chi connectivity index (χ3n) is 3.28. The van der Waals surface area contributed by atoms with Crippen molar-refractivity contribution < 1.29 is 0 Å². The van der Waals surface area contributed by atoms with E-state index in [1.165, 1.54) is 0 Å². The number of rotatable bonds is 3. The minimum absolute atomic E-state index is 0.595. The molecular formula is C15H17N5. The first-order chi connectivity index (χ1) is 9.83. The van der Waals surface area contributed by atoms with Crippen molar-refractivity contribution in [1.29, 1.82) is 0 Å². The van der Waals surface area contributed by atoms with Gasteiger partial charge in [0, 0.05) is 31.5 Å². The minimum atomic E-state index is 0.595. The van der Waals surface area contributed by atoms with Crippen molar-refractivity contribution >= 4 is 5.96 Å². The van der Waals surface area contributed by atoms with E-state index in [1.54, 1.807) is 0 Å². The highest BCUT2D eigenvalue weighted by Gasteiger charge is 2.11. The van der Waals surface area contributed by atoms with E-state index in [0.717, 1.165) is 36.0 Å². The van der Waals surface area contributed by atoms with E-state index < -0.39 is 0 Å². The summed E-state index contributed by atoms with van der Waals surface area (Å²) in [5.41, 5.74) is 2.16. The van der Waals surface area contributed by atoms with Gasteiger partial charge in [-0.2, -0.15) is 0 Å². The zero-order valence-electron chi connectivity index (χ0n) is 11.5. The quantitative estimate of drug-likeness (QED) is 0.916. The van der Waals surface area contributed by atoms with E-state index >= 15 is 0 Å². The monoisotopic (exact) mass is 267 g/mol. The van der Waals surface area contributed by atoms with E-state index in [0.29, 0.717) is 6.54 Å². The molecule has 0 saturated carbocycles. The van der Waals surface area contributed by atoms with Gasteiger partial charge in [0.25, 0.3) is 0 Å². The van der Waals surface area contributed by atoms with Crippen LogP contribution in [-0.2, 0) is 6.54 Å². The molecule has 5 nitrogen and oxygen atoms in total. The highest BCUT2D eigenvalue weighted by Crippen LogP contribution is 2.16. The molecule has 0 aliphatic carbocycles. The Bertz CT molecular complexity index is 591. The maximum Gasteiger partial charge on any atom is 0.194 e. The van der Waals surface area contributed by atoms with Crippen LogP contribution in [-0.4, -0.2) is 41.0 Å². The van der Waals surface area contributed by atoms with Crippen molar-refractivity contribution in [1.82, 2.24) is 20.2 Å². The summed E-state index contributed by atoms with van der Waals surface area (Å²) in [6.45, 7) is 2.42. The van der Waals surface area contributed by atoms with Crippen LogP contribution in [0.25, 0.3) is 11.1 Å². The van der Waals surface area contributed by atoms with Gasteiger partial charge in [0.2, 0.25) is 0 Å². The highest BCUT2D eigenvalue weighted by molar-refractivity contribution is 5.81. The average Bonchev–Trinajstić information content (AvgIpc) is 2.92. The maximum atomic E-state index is 4.39. The van der Waals surface area contributed by atoms with Crippen LogP contribution in [0.1, 0.15) is 5.82 Å². The predicted octanol–water partition coefficient (Wildman–Crippen LogP) is 1.53. The van der Waals surface area contributed by atoms with Crippen molar-refractivity contribution in [2.45, 2.75) is 6.54 Å². The molecule has 1 N–H and O–H groups in total. The Kier molecular flexibility index (Phi) is 3.58. The standard InChI is InChI=1S/C15H17N5/c1-20-8-7-16-15(20)19-11-14-17-9-13(10-18-14)12-5-3-2-4-6-12/h2-6,9-10H,7-8,11H2,1H3,(H,16,19). The molecule has 5 heteroatoms. The van der Waals surface area contributed by atoms with E-state index in [9.17, 15) is 0 Å². The highest BCUT2D eigenvalue weighted by atomic mass is 15.3.